The molecule has 0 N–H and O–H groups in total. The zero-order valence-corrected chi connectivity index (χ0v) is 23.0. The van der Waals surface area contributed by atoms with Gasteiger partial charge in [0.25, 0.3) is 5.56 Å². The van der Waals surface area contributed by atoms with Gasteiger partial charge in [-0.1, -0.05) is 23.9 Å². The van der Waals surface area contributed by atoms with Gasteiger partial charge in [0.1, 0.15) is 4.83 Å². The average molecular weight is 528 g/mol. The zero-order chi connectivity index (χ0) is 25.8. The van der Waals surface area contributed by atoms with Crippen molar-refractivity contribution in [2.75, 3.05) is 27.8 Å². The van der Waals surface area contributed by atoms with Crippen LogP contribution in [0.15, 0.2) is 40.8 Å². The van der Waals surface area contributed by atoms with Crippen LogP contribution in [0.4, 0.5) is 0 Å². The average Bonchev–Trinajstić information content (AvgIpc) is 3.27. The highest BCUT2D eigenvalue weighted by molar-refractivity contribution is 8.00. The van der Waals surface area contributed by atoms with Gasteiger partial charge in [-0.25, -0.2) is 4.98 Å². The van der Waals surface area contributed by atoms with Crippen LogP contribution in [0.1, 0.15) is 35.8 Å². The third-order valence-electron chi connectivity index (χ3n) is 6.54. The smallest absolute Gasteiger partial charge is 0.263 e. The maximum Gasteiger partial charge on any atom is 0.263 e. The molecule has 9 heteroatoms. The highest BCUT2D eigenvalue weighted by atomic mass is 32.2. The summed E-state index contributed by atoms with van der Waals surface area (Å²) in [5.74, 6) is 1.34. The molecule has 1 atom stereocenters. The fourth-order valence-corrected chi connectivity index (χ4v) is 6.90. The molecule has 0 bridgehead atoms. The summed E-state index contributed by atoms with van der Waals surface area (Å²) in [7, 11) is 5.02. The minimum atomic E-state index is -0.393. The molecule has 7 nitrogen and oxygen atoms in total. The molecule has 3 aromatic rings. The van der Waals surface area contributed by atoms with E-state index < -0.39 is 5.25 Å². The molecule has 1 unspecified atom stereocenters. The molecule has 0 fully saturated rings. The molecule has 0 radical (unpaired) electrons. The number of rotatable bonds is 10. The van der Waals surface area contributed by atoms with E-state index in [0.29, 0.717) is 36.2 Å². The SMILES string of the molecule is C=CCn1c(SC(C)C(=O)N(C)CCc2ccc(OC)c(OC)c2)nc2sc3c(c2c1=O)CCCC3. The van der Waals surface area contributed by atoms with Gasteiger partial charge in [0.2, 0.25) is 5.91 Å². The summed E-state index contributed by atoms with van der Waals surface area (Å²) < 4.78 is 12.3. The number of methoxy groups -OCH3 is 2. The zero-order valence-electron chi connectivity index (χ0n) is 21.3. The van der Waals surface area contributed by atoms with Crippen LogP contribution in [0.5, 0.6) is 11.5 Å². The number of ether oxygens (including phenoxy) is 2. The Balaban J connectivity index is 1.50. The lowest BCUT2D eigenvalue weighted by Crippen LogP contribution is -2.35. The van der Waals surface area contributed by atoms with Crippen molar-refractivity contribution < 1.29 is 14.3 Å². The Kier molecular flexibility index (Phi) is 8.41. The van der Waals surface area contributed by atoms with Gasteiger partial charge in [0, 0.05) is 25.0 Å². The van der Waals surface area contributed by atoms with Gasteiger partial charge >= 0.3 is 0 Å². The van der Waals surface area contributed by atoms with E-state index in [9.17, 15) is 9.59 Å². The summed E-state index contributed by atoms with van der Waals surface area (Å²) in [5.41, 5.74) is 2.21. The number of aryl methyl sites for hydroxylation is 2. The van der Waals surface area contributed by atoms with E-state index in [1.807, 2.05) is 25.1 Å². The number of benzene rings is 1. The van der Waals surface area contributed by atoms with E-state index in [4.69, 9.17) is 14.5 Å². The van der Waals surface area contributed by atoms with Gasteiger partial charge in [-0.3, -0.25) is 14.2 Å². The highest BCUT2D eigenvalue weighted by Crippen LogP contribution is 2.35. The lowest BCUT2D eigenvalue weighted by Gasteiger charge is -2.22. The molecule has 1 aliphatic carbocycles. The first-order valence-corrected chi connectivity index (χ1v) is 13.9. The molecule has 1 amide bonds. The third-order valence-corrected chi connectivity index (χ3v) is 8.80. The van der Waals surface area contributed by atoms with Crippen molar-refractivity contribution in [2.45, 2.75) is 56.0 Å². The quantitative estimate of drug-likeness (QED) is 0.216. The van der Waals surface area contributed by atoms with Gasteiger partial charge in [0.05, 0.1) is 24.9 Å². The number of fused-ring (bicyclic) bond motifs is 3. The molecular formula is C27H33N3O4S2. The minimum absolute atomic E-state index is 0.00884. The van der Waals surface area contributed by atoms with Crippen molar-refractivity contribution in [1.29, 1.82) is 0 Å². The van der Waals surface area contributed by atoms with Crippen molar-refractivity contribution in [3.8, 4) is 11.5 Å². The number of carbonyl (C=O) groups excluding carboxylic acids is 1. The van der Waals surface area contributed by atoms with Gasteiger partial charge in [-0.05, 0) is 62.3 Å². The number of aromatic nitrogens is 2. The van der Waals surface area contributed by atoms with Crippen molar-refractivity contribution in [2.24, 2.45) is 0 Å². The molecular weight excluding hydrogens is 494 g/mol. The fourth-order valence-electron chi connectivity index (χ4n) is 4.56. The second-order valence-corrected chi connectivity index (χ2v) is 11.3. The molecule has 2 aromatic heterocycles. The Labute approximate surface area is 220 Å². The molecule has 2 heterocycles. The van der Waals surface area contributed by atoms with E-state index in [-0.39, 0.29) is 11.5 Å². The van der Waals surface area contributed by atoms with Gasteiger partial charge < -0.3 is 14.4 Å². The predicted octanol–water partition coefficient (Wildman–Crippen LogP) is 4.72. The monoisotopic (exact) mass is 527 g/mol. The predicted molar refractivity (Wildman–Crippen MR) is 147 cm³/mol. The number of nitrogens with zero attached hydrogens (tertiary/aromatic N) is 3. The molecule has 36 heavy (non-hydrogen) atoms. The Morgan fingerprint density at radius 2 is 2.03 bits per heavy atom. The number of carbonyl (C=O) groups is 1. The minimum Gasteiger partial charge on any atom is -0.493 e. The molecule has 0 aliphatic heterocycles. The number of hydrogen-bond donors (Lipinski definition) is 0. The van der Waals surface area contributed by atoms with Gasteiger partial charge in [0.15, 0.2) is 16.7 Å². The van der Waals surface area contributed by atoms with E-state index >= 15 is 0 Å². The number of allylic oxidation sites excluding steroid dienone is 1. The van der Waals surface area contributed by atoms with Crippen molar-refractivity contribution in [3.63, 3.8) is 0 Å². The summed E-state index contributed by atoms with van der Waals surface area (Å²) >= 11 is 2.97. The highest BCUT2D eigenvalue weighted by Gasteiger charge is 2.25. The van der Waals surface area contributed by atoms with Crippen LogP contribution < -0.4 is 15.0 Å². The van der Waals surface area contributed by atoms with Crippen molar-refractivity contribution >= 4 is 39.2 Å². The number of thioether (sulfide) groups is 1. The van der Waals surface area contributed by atoms with Crippen LogP contribution >= 0.6 is 23.1 Å². The van der Waals surface area contributed by atoms with Crippen LogP contribution in [-0.2, 0) is 30.6 Å². The Morgan fingerprint density at radius 1 is 1.28 bits per heavy atom. The van der Waals surface area contributed by atoms with Crippen LogP contribution in [-0.4, -0.2) is 53.4 Å². The van der Waals surface area contributed by atoms with E-state index in [1.165, 1.54) is 22.2 Å². The third kappa shape index (κ3) is 5.32. The lowest BCUT2D eigenvalue weighted by atomic mass is 9.97. The second-order valence-electron chi connectivity index (χ2n) is 8.95. The van der Waals surface area contributed by atoms with E-state index in [2.05, 4.69) is 6.58 Å². The summed E-state index contributed by atoms with van der Waals surface area (Å²) in [6, 6.07) is 5.78. The standard InChI is InChI=1S/C27H33N3O4S2/c1-6-14-30-26(32)23-19-9-7-8-10-22(19)36-24(23)28-27(30)35-17(2)25(31)29(3)15-13-18-11-12-20(33-4)21(16-18)34-5/h6,11-12,16-17H,1,7-10,13-15H2,2-5H3. The number of likely N-dealkylation sites (N-methyl/N-ethyl adjacent to an activating group) is 1. The molecule has 0 spiro atoms. The molecule has 0 saturated heterocycles. The maximum absolute atomic E-state index is 13.5. The molecule has 1 aliphatic rings. The Morgan fingerprint density at radius 3 is 2.75 bits per heavy atom. The first-order chi connectivity index (χ1) is 17.4. The van der Waals surface area contributed by atoms with Crippen molar-refractivity contribution in [1.82, 2.24) is 14.5 Å². The second kappa shape index (κ2) is 11.5. The number of amides is 1. The normalized spacial score (nSPS) is 13.8. The summed E-state index contributed by atoms with van der Waals surface area (Å²) in [6.07, 6.45) is 6.61. The molecule has 192 valence electrons. The van der Waals surface area contributed by atoms with E-state index in [0.717, 1.165) is 41.5 Å². The summed E-state index contributed by atoms with van der Waals surface area (Å²) in [4.78, 5) is 35.3. The Hall–Kier alpha value is -2.78. The first kappa shape index (κ1) is 26.3. The van der Waals surface area contributed by atoms with Crippen molar-refractivity contribution in [3.05, 3.63) is 57.2 Å². The summed E-state index contributed by atoms with van der Waals surface area (Å²) in [6.45, 7) is 6.62. The number of thiophene rings is 1. The molecule has 0 saturated carbocycles. The van der Waals surface area contributed by atoms with Crippen LogP contribution in [0.25, 0.3) is 10.2 Å². The number of hydrogen-bond acceptors (Lipinski definition) is 7. The maximum atomic E-state index is 13.5. The topological polar surface area (TPSA) is 73.7 Å². The largest absolute Gasteiger partial charge is 0.493 e. The van der Waals surface area contributed by atoms with Gasteiger partial charge in [-0.15, -0.1) is 17.9 Å². The van der Waals surface area contributed by atoms with Crippen LogP contribution in [0, 0.1) is 0 Å². The van der Waals surface area contributed by atoms with Crippen LogP contribution in [0.2, 0.25) is 0 Å². The van der Waals surface area contributed by atoms with Crippen LogP contribution in [0.3, 0.4) is 0 Å². The van der Waals surface area contributed by atoms with Gasteiger partial charge in [-0.2, -0.15) is 0 Å². The van der Waals surface area contributed by atoms with E-state index in [1.54, 1.807) is 48.1 Å². The molecule has 1 aromatic carbocycles. The lowest BCUT2D eigenvalue weighted by molar-refractivity contribution is -0.129. The Bertz CT molecular complexity index is 1330. The first-order valence-electron chi connectivity index (χ1n) is 12.2. The summed E-state index contributed by atoms with van der Waals surface area (Å²) in [5, 5.41) is 0.933. The molecule has 4 rings (SSSR count). The fraction of sp³-hybridized carbons (Fsp3) is 0.444.